The van der Waals surface area contributed by atoms with Gasteiger partial charge in [-0.3, -0.25) is 4.79 Å². The molecule has 1 aromatic heterocycles. The molecule has 0 saturated carbocycles. The van der Waals surface area contributed by atoms with Gasteiger partial charge in [0.15, 0.2) is 5.13 Å². The van der Waals surface area contributed by atoms with Crippen molar-refractivity contribution < 1.29 is 9.90 Å². The summed E-state index contributed by atoms with van der Waals surface area (Å²) in [6.07, 6.45) is 1.79. The molecule has 1 fully saturated rings. The molecule has 5 nitrogen and oxygen atoms in total. The minimum absolute atomic E-state index is 0.0442. The van der Waals surface area contributed by atoms with Crippen molar-refractivity contribution in [2.45, 2.75) is 0 Å². The largest absolute Gasteiger partial charge is 0.507 e. The zero-order chi connectivity index (χ0) is 14.8. The summed E-state index contributed by atoms with van der Waals surface area (Å²) >= 11 is 3.75. The zero-order valence-corrected chi connectivity index (χ0v) is 14.2. The molecular weight excluding hydrogens is 401 g/mol. The van der Waals surface area contributed by atoms with Crippen molar-refractivity contribution in [3.63, 3.8) is 0 Å². The zero-order valence-electron chi connectivity index (χ0n) is 11.2. The van der Waals surface area contributed by atoms with E-state index in [1.54, 1.807) is 40.6 Å². The SMILES string of the molecule is O=C(c1cc(I)ccc1O)N1CCN(c2nccs2)CC1. The molecule has 1 aliphatic rings. The number of hydrogen-bond donors (Lipinski definition) is 1. The average Bonchev–Trinajstić information content (AvgIpc) is 3.03. The fourth-order valence-corrected chi connectivity index (χ4v) is 3.51. The van der Waals surface area contributed by atoms with E-state index in [0.717, 1.165) is 21.8 Å². The summed E-state index contributed by atoms with van der Waals surface area (Å²) in [5.41, 5.74) is 0.379. The number of phenols is 1. The van der Waals surface area contributed by atoms with Crippen LogP contribution >= 0.6 is 33.9 Å². The maximum absolute atomic E-state index is 12.5. The summed E-state index contributed by atoms with van der Waals surface area (Å²) in [5, 5.41) is 12.8. The van der Waals surface area contributed by atoms with Crippen molar-refractivity contribution in [3.8, 4) is 5.75 Å². The average molecular weight is 415 g/mol. The van der Waals surface area contributed by atoms with E-state index in [4.69, 9.17) is 0 Å². The molecule has 3 rings (SSSR count). The Morgan fingerprint density at radius 3 is 2.71 bits per heavy atom. The van der Waals surface area contributed by atoms with E-state index in [9.17, 15) is 9.90 Å². The molecule has 0 unspecified atom stereocenters. The van der Waals surface area contributed by atoms with Crippen molar-refractivity contribution >= 4 is 45.0 Å². The van der Waals surface area contributed by atoms with Crippen LogP contribution < -0.4 is 4.90 Å². The summed E-state index contributed by atoms with van der Waals surface area (Å²) < 4.78 is 0.940. The molecule has 1 N–H and O–H groups in total. The van der Waals surface area contributed by atoms with Crippen molar-refractivity contribution in [1.29, 1.82) is 0 Å². The fraction of sp³-hybridized carbons (Fsp3) is 0.286. The van der Waals surface area contributed by atoms with Crippen LogP contribution in [0.2, 0.25) is 0 Å². The number of rotatable bonds is 2. The van der Waals surface area contributed by atoms with Crippen LogP contribution in [0, 0.1) is 3.57 Å². The Hall–Kier alpha value is -1.35. The fourth-order valence-electron chi connectivity index (χ4n) is 2.32. The molecule has 110 valence electrons. The van der Waals surface area contributed by atoms with Gasteiger partial charge in [-0.1, -0.05) is 0 Å². The molecule has 1 aliphatic heterocycles. The van der Waals surface area contributed by atoms with Gasteiger partial charge in [0.1, 0.15) is 5.75 Å². The lowest BCUT2D eigenvalue weighted by atomic mass is 10.1. The maximum atomic E-state index is 12.5. The van der Waals surface area contributed by atoms with E-state index in [1.165, 1.54) is 0 Å². The molecule has 1 amide bonds. The molecule has 0 radical (unpaired) electrons. The summed E-state index contributed by atoms with van der Waals surface area (Å²) in [4.78, 5) is 20.8. The van der Waals surface area contributed by atoms with E-state index in [0.29, 0.717) is 18.7 Å². The number of hydrogen-bond acceptors (Lipinski definition) is 5. The lowest BCUT2D eigenvalue weighted by Gasteiger charge is -2.34. The van der Waals surface area contributed by atoms with Gasteiger partial charge in [-0.25, -0.2) is 4.98 Å². The molecule has 2 heterocycles. The number of phenolic OH excluding ortho intramolecular Hbond substituents is 1. The summed E-state index contributed by atoms with van der Waals surface area (Å²) in [7, 11) is 0. The lowest BCUT2D eigenvalue weighted by molar-refractivity contribution is 0.0743. The topological polar surface area (TPSA) is 56.7 Å². The highest BCUT2D eigenvalue weighted by molar-refractivity contribution is 14.1. The highest BCUT2D eigenvalue weighted by Gasteiger charge is 2.24. The number of aromatic hydroxyl groups is 1. The Kier molecular flexibility index (Phi) is 4.29. The molecule has 1 aromatic carbocycles. The van der Waals surface area contributed by atoms with E-state index in [2.05, 4.69) is 32.5 Å². The van der Waals surface area contributed by atoms with Gasteiger partial charge in [0, 0.05) is 41.3 Å². The molecule has 0 atom stereocenters. The van der Waals surface area contributed by atoms with E-state index >= 15 is 0 Å². The van der Waals surface area contributed by atoms with Gasteiger partial charge in [0.25, 0.3) is 5.91 Å². The molecule has 7 heteroatoms. The molecule has 1 saturated heterocycles. The molecule has 0 spiro atoms. The van der Waals surface area contributed by atoms with Gasteiger partial charge in [-0.15, -0.1) is 11.3 Å². The van der Waals surface area contributed by atoms with Crippen LogP contribution in [0.5, 0.6) is 5.75 Å². The second-order valence-electron chi connectivity index (χ2n) is 4.76. The van der Waals surface area contributed by atoms with Crippen LogP contribution in [0.15, 0.2) is 29.8 Å². The Bertz CT molecular complexity index is 640. The van der Waals surface area contributed by atoms with Crippen molar-refractivity contribution in [2.75, 3.05) is 31.1 Å². The Balaban J connectivity index is 1.69. The van der Waals surface area contributed by atoms with Gasteiger partial charge in [0.2, 0.25) is 0 Å². The smallest absolute Gasteiger partial charge is 0.257 e. The third-order valence-corrected chi connectivity index (χ3v) is 4.95. The number of halogens is 1. The highest BCUT2D eigenvalue weighted by Crippen LogP contribution is 2.23. The van der Waals surface area contributed by atoms with Gasteiger partial charge in [-0.2, -0.15) is 0 Å². The first kappa shape index (κ1) is 14.6. The van der Waals surface area contributed by atoms with Gasteiger partial charge in [-0.05, 0) is 40.8 Å². The first-order valence-electron chi connectivity index (χ1n) is 6.57. The summed E-state index contributed by atoms with van der Waals surface area (Å²) in [6.45, 7) is 2.82. The van der Waals surface area contributed by atoms with Crippen LogP contribution in [0.3, 0.4) is 0 Å². The summed E-state index contributed by atoms with van der Waals surface area (Å²) in [5.74, 6) is -0.0624. The number of nitrogens with zero attached hydrogens (tertiary/aromatic N) is 3. The van der Waals surface area contributed by atoms with Crippen LogP contribution in [0.1, 0.15) is 10.4 Å². The molecule has 0 aliphatic carbocycles. The number of aromatic nitrogens is 1. The standard InChI is InChI=1S/C14H14IN3O2S/c15-10-1-2-12(19)11(9-10)13(20)17-4-6-18(7-5-17)14-16-3-8-21-14/h1-3,8-9,19H,4-7H2. The van der Waals surface area contributed by atoms with E-state index < -0.39 is 0 Å². The van der Waals surface area contributed by atoms with Crippen LogP contribution in [0.4, 0.5) is 5.13 Å². The number of carbonyl (C=O) groups is 1. The Labute approximate surface area is 140 Å². The minimum atomic E-state index is -0.107. The number of thiazole rings is 1. The van der Waals surface area contributed by atoms with Crippen LogP contribution in [0.25, 0.3) is 0 Å². The molecular formula is C14H14IN3O2S. The third-order valence-electron chi connectivity index (χ3n) is 3.45. The molecule has 21 heavy (non-hydrogen) atoms. The van der Waals surface area contributed by atoms with E-state index in [-0.39, 0.29) is 11.7 Å². The van der Waals surface area contributed by atoms with Crippen LogP contribution in [-0.4, -0.2) is 47.1 Å². The second-order valence-corrected chi connectivity index (χ2v) is 6.87. The lowest BCUT2D eigenvalue weighted by Crippen LogP contribution is -2.48. The van der Waals surface area contributed by atoms with Crippen molar-refractivity contribution in [1.82, 2.24) is 9.88 Å². The normalized spacial score (nSPS) is 15.3. The van der Waals surface area contributed by atoms with Gasteiger partial charge < -0.3 is 14.9 Å². The summed E-state index contributed by atoms with van der Waals surface area (Å²) in [6, 6.07) is 5.08. The maximum Gasteiger partial charge on any atom is 0.257 e. The molecule has 2 aromatic rings. The molecule has 0 bridgehead atoms. The van der Waals surface area contributed by atoms with Gasteiger partial charge >= 0.3 is 0 Å². The highest BCUT2D eigenvalue weighted by atomic mass is 127. The second kappa shape index (κ2) is 6.18. The third kappa shape index (κ3) is 3.13. The number of carbonyl (C=O) groups excluding carboxylic acids is 1. The quantitative estimate of drug-likeness (QED) is 0.766. The minimum Gasteiger partial charge on any atom is -0.507 e. The number of piperazine rings is 1. The predicted octanol–water partition coefficient (Wildman–Crippen LogP) is 2.42. The van der Waals surface area contributed by atoms with E-state index in [1.807, 2.05) is 5.38 Å². The first-order valence-corrected chi connectivity index (χ1v) is 8.53. The number of amides is 1. The van der Waals surface area contributed by atoms with Crippen molar-refractivity contribution in [2.24, 2.45) is 0 Å². The van der Waals surface area contributed by atoms with Gasteiger partial charge in [0.05, 0.1) is 5.56 Å². The predicted molar refractivity (Wildman–Crippen MR) is 91.1 cm³/mol. The Morgan fingerprint density at radius 1 is 1.29 bits per heavy atom. The Morgan fingerprint density at radius 2 is 2.05 bits per heavy atom. The van der Waals surface area contributed by atoms with Crippen molar-refractivity contribution in [3.05, 3.63) is 38.9 Å². The first-order chi connectivity index (χ1) is 10.1. The number of benzene rings is 1. The van der Waals surface area contributed by atoms with Crippen LogP contribution in [-0.2, 0) is 0 Å². The number of anilines is 1. The monoisotopic (exact) mass is 415 g/mol.